The minimum absolute atomic E-state index is 0.0345. The normalized spacial score (nSPS) is 10.5. The minimum Gasteiger partial charge on any atom is -0.506 e. The molecule has 0 unspecified atom stereocenters. The minimum atomic E-state index is -0.493. The molecule has 1 N–H and O–H groups in total. The van der Waals surface area contributed by atoms with E-state index in [1.807, 2.05) is 30.3 Å². The number of aromatic hydroxyl groups is 1. The Labute approximate surface area is 111 Å². The molecule has 4 nitrogen and oxygen atoms in total. The number of ether oxygens (including phenoxy) is 1. The van der Waals surface area contributed by atoms with Crippen LogP contribution in [0.2, 0.25) is 0 Å². The SMILES string of the molecule is CC(C)OC(=O)c1ccc(O)c(-c2ccccc2)n1. The molecule has 1 aromatic carbocycles. The van der Waals surface area contributed by atoms with Crippen molar-refractivity contribution in [1.29, 1.82) is 0 Å². The van der Waals surface area contributed by atoms with E-state index in [4.69, 9.17) is 4.74 Å². The summed E-state index contributed by atoms with van der Waals surface area (Å²) in [6, 6.07) is 12.1. The van der Waals surface area contributed by atoms with Crippen molar-refractivity contribution in [2.75, 3.05) is 0 Å². The van der Waals surface area contributed by atoms with E-state index in [0.29, 0.717) is 5.69 Å². The summed E-state index contributed by atoms with van der Waals surface area (Å²) in [7, 11) is 0. The monoisotopic (exact) mass is 257 g/mol. The fraction of sp³-hybridized carbons (Fsp3) is 0.200. The van der Waals surface area contributed by atoms with Crippen LogP contribution in [0.3, 0.4) is 0 Å². The van der Waals surface area contributed by atoms with Gasteiger partial charge in [-0.05, 0) is 26.0 Å². The Bertz CT molecular complexity index is 579. The molecule has 19 heavy (non-hydrogen) atoms. The van der Waals surface area contributed by atoms with Gasteiger partial charge in [-0.2, -0.15) is 0 Å². The number of carbonyl (C=O) groups excluding carboxylic acids is 1. The number of pyridine rings is 1. The summed E-state index contributed by atoms with van der Waals surface area (Å²) in [6.07, 6.45) is -0.205. The second kappa shape index (κ2) is 5.52. The van der Waals surface area contributed by atoms with Crippen LogP contribution in [0.15, 0.2) is 42.5 Å². The van der Waals surface area contributed by atoms with Crippen LogP contribution in [0.25, 0.3) is 11.3 Å². The van der Waals surface area contributed by atoms with E-state index in [-0.39, 0.29) is 17.5 Å². The molecule has 1 aromatic heterocycles. The summed E-state index contributed by atoms with van der Waals surface area (Å²) in [5, 5.41) is 9.84. The first-order valence-electron chi connectivity index (χ1n) is 6.04. The van der Waals surface area contributed by atoms with Crippen molar-refractivity contribution >= 4 is 5.97 Å². The van der Waals surface area contributed by atoms with Gasteiger partial charge in [0.15, 0.2) is 0 Å². The van der Waals surface area contributed by atoms with Crippen LogP contribution in [0.4, 0.5) is 0 Å². The third kappa shape index (κ3) is 3.10. The zero-order chi connectivity index (χ0) is 13.8. The highest BCUT2D eigenvalue weighted by atomic mass is 16.5. The summed E-state index contributed by atoms with van der Waals surface area (Å²) in [5.41, 5.74) is 1.31. The van der Waals surface area contributed by atoms with Gasteiger partial charge in [0.2, 0.25) is 0 Å². The maximum Gasteiger partial charge on any atom is 0.357 e. The Morgan fingerprint density at radius 1 is 1.16 bits per heavy atom. The largest absolute Gasteiger partial charge is 0.506 e. The van der Waals surface area contributed by atoms with Gasteiger partial charge in [0.05, 0.1) is 6.10 Å². The Kier molecular flexibility index (Phi) is 3.80. The molecule has 0 radical (unpaired) electrons. The number of hydrogen-bond donors (Lipinski definition) is 1. The maximum absolute atomic E-state index is 11.8. The zero-order valence-corrected chi connectivity index (χ0v) is 10.8. The molecular formula is C15H15NO3. The lowest BCUT2D eigenvalue weighted by atomic mass is 10.1. The Hall–Kier alpha value is -2.36. The molecule has 98 valence electrons. The second-order valence-corrected chi connectivity index (χ2v) is 4.38. The van der Waals surface area contributed by atoms with E-state index in [2.05, 4.69) is 4.98 Å². The van der Waals surface area contributed by atoms with Gasteiger partial charge in [0.1, 0.15) is 17.1 Å². The van der Waals surface area contributed by atoms with Gasteiger partial charge >= 0.3 is 5.97 Å². The molecular weight excluding hydrogens is 242 g/mol. The Balaban J connectivity index is 2.38. The van der Waals surface area contributed by atoms with Crippen LogP contribution in [0.5, 0.6) is 5.75 Å². The van der Waals surface area contributed by atoms with Crippen molar-refractivity contribution in [3.8, 4) is 17.0 Å². The lowest BCUT2D eigenvalue weighted by Gasteiger charge is -2.09. The van der Waals surface area contributed by atoms with E-state index in [1.165, 1.54) is 12.1 Å². The van der Waals surface area contributed by atoms with Gasteiger partial charge in [-0.3, -0.25) is 0 Å². The highest BCUT2D eigenvalue weighted by molar-refractivity contribution is 5.88. The quantitative estimate of drug-likeness (QED) is 0.859. The molecule has 0 spiro atoms. The fourth-order valence-corrected chi connectivity index (χ4v) is 1.65. The molecule has 2 aromatic rings. The van der Waals surface area contributed by atoms with Gasteiger partial charge in [-0.1, -0.05) is 30.3 Å². The van der Waals surface area contributed by atoms with Crippen LogP contribution in [0, 0.1) is 0 Å². The smallest absolute Gasteiger partial charge is 0.357 e. The number of carbonyl (C=O) groups is 1. The summed E-state index contributed by atoms with van der Waals surface area (Å²) in [5.74, 6) is -0.459. The van der Waals surface area contributed by atoms with Crippen LogP contribution in [-0.2, 0) is 4.74 Å². The van der Waals surface area contributed by atoms with Crippen LogP contribution >= 0.6 is 0 Å². The third-order valence-electron chi connectivity index (χ3n) is 2.47. The maximum atomic E-state index is 11.8. The molecule has 0 amide bonds. The average Bonchev–Trinajstić information content (AvgIpc) is 2.39. The lowest BCUT2D eigenvalue weighted by molar-refractivity contribution is 0.0371. The number of esters is 1. The molecule has 0 aliphatic rings. The van der Waals surface area contributed by atoms with E-state index < -0.39 is 5.97 Å². The summed E-state index contributed by atoms with van der Waals surface area (Å²) < 4.78 is 5.08. The van der Waals surface area contributed by atoms with E-state index in [9.17, 15) is 9.90 Å². The van der Waals surface area contributed by atoms with Crippen molar-refractivity contribution in [3.63, 3.8) is 0 Å². The highest BCUT2D eigenvalue weighted by Gasteiger charge is 2.14. The molecule has 1 heterocycles. The van der Waals surface area contributed by atoms with Gasteiger partial charge in [-0.15, -0.1) is 0 Å². The third-order valence-corrected chi connectivity index (χ3v) is 2.47. The topological polar surface area (TPSA) is 59.4 Å². The first-order valence-corrected chi connectivity index (χ1v) is 6.04. The van der Waals surface area contributed by atoms with E-state index in [1.54, 1.807) is 13.8 Å². The molecule has 2 rings (SSSR count). The first-order chi connectivity index (χ1) is 9.08. The molecule has 0 saturated carbocycles. The van der Waals surface area contributed by atoms with E-state index >= 15 is 0 Å². The number of aromatic nitrogens is 1. The van der Waals surface area contributed by atoms with Gasteiger partial charge < -0.3 is 9.84 Å². The Morgan fingerprint density at radius 2 is 1.84 bits per heavy atom. The molecule has 0 bridgehead atoms. The zero-order valence-electron chi connectivity index (χ0n) is 10.8. The summed E-state index contributed by atoms with van der Waals surface area (Å²) in [4.78, 5) is 16.0. The van der Waals surface area contributed by atoms with Crippen LogP contribution < -0.4 is 0 Å². The predicted octanol–water partition coefficient (Wildman–Crippen LogP) is 3.02. The van der Waals surface area contributed by atoms with Crippen molar-refractivity contribution in [2.24, 2.45) is 0 Å². The van der Waals surface area contributed by atoms with Crippen LogP contribution in [0.1, 0.15) is 24.3 Å². The van der Waals surface area contributed by atoms with Gasteiger partial charge in [0.25, 0.3) is 0 Å². The van der Waals surface area contributed by atoms with E-state index in [0.717, 1.165) is 5.56 Å². The van der Waals surface area contributed by atoms with Crippen molar-refractivity contribution in [3.05, 3.63) is 48.2 Å². The average molecular weight is 257 g/mol. The first kappa shape index (κ1) is 13.1. The standard InChI is InChI=1S/C15H15NO3/c1-10(2)19-15(18)12-8-9-13(17)14(16-12)11-6-4-3-5-7-11/h3-10,17H,1-2H3. The molecule has 0 aliphatic heterocycles. The predicted molar refractivity (Wildman–Crippen MR) is 71.9 cm³/mol. The fourth-order valence-electron chi connectivity index (χ4n) is 1.65. The number of nitrogens with zero attached hydrogens (tertiary/aromatic N) is 1. The van der Waals surface area contributed by atoms with Gasteiger partial charge in [0, 0.05) is 5.56 Å². The highest BCUT2D eigenvalue weighted by Crippen LogP contribution is 2.27. The van der Waals surface area contributed by atoms with Gasteiger partial charge in [-0.25, -0.2) is 9.78 Å². The van der Waals surface area contributed by atoms with Crippen molar-refractivity contribution in [1.82, 2.24) is 4.98 Å². The number of hydrogen-bond acceptors (Lipinski definition) is 4. The number of benzene rings is 1. The van der Waals surface area contributed by atoms with Crippen LogP contribution in [-0.4, -0.2) is 22.2 Å². The summed E-state index contributed by atoms with van der Waals surface area (Å²) in [6.45, 7) is 3.55. The lowest BCUT2D eigenvalue weighted by Crippen LogP contribution is -2.13. The molecule has 0 saturated heterocycles. The molecule has 0 aliphatic carbocycles. The second-order valence-electron chi connectivity index (χ2n) is 4.38. The van der Waals surface area contributed by atoms with Crippen molar-refractivity contribution in [2.45, 2.75) is 20.0 Å². The molecule has 0 atom stereocenters. The molecule has 4 heteroatoms. The summed E-state index contributed by atoms with van der Waals surface area (Å²) >= 11 is 0. The number of rotatable bonds is 3. The van der Waals surface area contributed by atoms with Crippen molar-refractivity contribution < 1.29 is 14.6 Å². The molecule has 0 fully saturated rings. The Morgan fingerprint density at radius 3 is 2.47 bits per heavy atom.